The molecule has 0 amide bonds. The highest BCUT2D eigenvalue weighted by Gasteiger charge is 2.45. The van der Waals surface area contributed by atoms with E-state index >= 15 is 0 Å². The van der Waals surface area contributed by atoms with E-state index in [1.165, 1.54) is 0 Å². The molecular weight excluding hydrogens is 247 g/mol. The van der Waals surface area contributed by atoms with Crippen LogP contribution in [0.1, 0.15) is 24.8 Å². The minimum Gasteiger partial charge on any atom is -0.466 e. The van der Waals surface area contributed by atoms with E-state index in [1.807, 2.05) is 13.0 Å². The van der Waals surface area contributed by atoms with Crippen molar-refractivity contribution in [1.82, 2.24) is 0 Å². The first-order valence-electron chi connectivity index (χ1n) is 5.25. The summed E-state index contributed by atoms with van der Waals surface area (Å²) < 4.78 is 4.97. The SMILES string of the molecule is CCOC(=O)C1CC1c1ccc(Cl)cc1Cl. The summed E-state index contributed by atoms with van der Waals surface area (Å²) in [7, 11) is 0. The molecule has 2 atom stereocenters. The minimum absolute atomic E-state index is 0.0291. The fourth-order valence-electron chi connectivity index (χ4n) is 1.85. The van der Waals surface area contributed by atoms with Gasteiger partial charge in [0, 0.05) is 10.0 Å². The van der Waals surface area contributed by atoms with Crippen molar-refractivity contribution in [2.45, 2.75) is 19.3 Å². The monoisotopic (exact) mass is 258 g/mol. The van der Waals surface area contributed by atoms with Crippen LogP contribution in [0.3, 0.4) is 0 Å². The average molecular weight is 259 g/mol. The zero-order chi connectivity index (χ0) is 11.7. The number of halogens is 2. The lowest BCUT2D eigenvalue weighted by Gasteiger charge is -2.04. The molecule has 1 aliphatic rings. The van der Waals surface area contributed by atoms with Crippen molar-refractivity contribution in [3.05, 3.63) is 33.8 Å². The van der Waals surface area contributed by atoms with Crippen molar-refractivity contribution in [2.75, 3.05) is 6.61 Å². The van der Waals surface area contributed by atoms with Crippen molar-refractivity contribution in [3.8, 4) is 0 Å². The molecule has 86 valence electrons. The van der Waals surface area contributed by atoms with Crippen LogP contribution in [-0.2, 0) is 9.53 Å². The summed E-state index contributed by atoms with van der Waals surface area (Å²) >= 11 is 11.9. The van der Waals surface area contributed by atoms with Gasteiger partial charge in [-0.25, -0.2) is 0 Å². The van der Waals surface area contributed by atoms with Gasteiger partial charge >= 0.3 is 5.97 Å². The van der Waals surface area contributed by atoms with Crippen molar-refractivity contribution < 1.29 is 9.53 Å². The van der Waals surface area contributed by atoms with Gasteiger partial charge in [-0.3, -0.25) is 4.79 Å². The Hall–Kier alpha value is -0.730. The standard InChI is InChI=1S/C12H12Cl2O2/c1-2-16-12(15)10-6-9(10)8-4-3-7(13)5-11(8)14/h3-5,9-10H,2,6H2,1H3. The highest BCUT2D eigenvalue weighted by atomic mass is 35.5. The zero-order valence-electron chi connectivity index (χ0n) is 8.87. The van der Waals surface area contributed by atoms with Gasteiger partial charge in [-0.05, 0) is 37.0 Å². The number of benzene rings is 1. The lowest BCUT2D eigenvalue weighted by molar-refractivity contribution is -0.144. The first-order valence-corrected chi connectivity index (χ1v) is 6.00. The van der Waals surface area contributed by atoms with E-state index in [2.05, 4.69) is 0 Å². The number of carbonyl (C=O) groups excluding carboxylic acids is 1. The number of esters is 1. The van der Waals surface area contributed by atoms with Crippen molar-refractivity contribution in [3.63, 3.8) is 0 Å². The van der Waals surface area contributed by atoms with Crippen molar-refractivity contribution in [2.24, 2.45) is 5.92 Å². The Morgan fingerprint density at radius 1 is 1.50 bits per heavy atom. The fraction of sp³-hybridized carbons (Fsp3) is 0.417. The Kier molecular flexibility index (Phi) is 3.41. The highest BCUT2D eigenvalue weighted by Crippen LogP contribution is 2.50. The number of carbonyl (C=O) groups is 1. The minimum atomic E-state index is -0.126. The summed E-state index contributed by atoms with van der Waals surface area (Å²) in [4.78, 5) is 11.5. The van der Waals surface area contributed by atoms with E-state index in [0.717, 1.165) is 12.0 Å². The Bertz CT molecular complexity index is 417. The summed E-state index contributed by atoms with van der Waals surface area (Å²) in [6.45, 7) is 2.24. The van der Waals surface area contributed by atoms with E-state index < -0.39 is 0 Å². The van der Waals surface area contributed by atoms with Gasteiger partial charge in [0.15, 0.2) is 0 Å². The van der Waals surface area contributed by atoms with Crippen LogP contribution in [0.2, 0.25) is 10.0 Å². The smallest absolute Gasteiger partial charge is 0.309 e. The lowest BCUT2D eigenvalue weighted by Crippen LogP contribution is -2.07. The molecule has 1 fully saturated rings. The molecule has 1 aromatic rings. The molecule has 0 N–H and O–H groups in total. The van der Waals surface area contributed by atoms with Crippen LogP contribution in [-0.4, -0.2) is 12.6 Å². The first kappa shape index (κ1) is 11.7. The molecule has 1 saturated carbocycles. The predicted molar refractivity (Wildman–Crippen MR) is 63.9 cm³/mol. The predicted octanol–water partition coefficient (Wildman–Crippen LogP) is 3.66. The maximum absolute atomic E-state index is 11.5. The molecule has 2 rings (SSSR count). The molecule has 2 nitrogen and oxygen atoms in total. The Morgan fingerprint density at radius 3 is 2.88 bits per heavy atom. The van der Waals surface area contributed by atoms with Crippen LogP contribution < -0.4 is 0 Å². The Labute approximate surface area is 104 Å². The molecule has 0 radical (unpaired) electrons. The molecule has 2 unspecified atom stereocenters. The van der Waals surface area contributed by atoms with E-state index in [9.17, 15) is 4.79 Å². The van der Waals surface area contributed by atoms with Gasteiger partial charge in [0.1, 0.15) is 0 Å². The molecule has 0 aromatic heterocycles. The van der Waals surface area contributed by atoms with Gasteiger partial charge in [0.05, 0.1) is 12.5 Å². The fourth-order valence-corrected chi connectivity index (χ4v) is 2.40. The largest absolute Gasteiger partial charge is 0.466 e. The molecule has 0 bridgehead atoms. The molecule has 0 aliphatic heterocycles. The van der Waals surface area contributed by atoms with Crippen molar-refractivity contribution in [1.29, 1.82) is 0 Å². The van der Waals surface area contributed by atoms with Gasteiger partial charge in [0.25, 0.3) is 0 Å². The van der Waals surface area contributed by atoms with E-state index in [-0.39, 0.29) is 17.8 Å². The number of ether oxygens (including phenoxy) is 1. The third kappa shape index (κ3) is 2.33. The van der Waals surface area contributed by atoms with Crippen LogP contribution in [0.5, 0.6) is 0 Å². The van der Waals surface area contributed by atoms with Crippen molar-refractivity contribution >= 4 is 29.2 Å². The highest BCUT2D eigenvalue weighted by molar-refractivity contribution is 6.35. The van der Waals surface area contributed by atoms with Gasteiger partial charge in [-0.15, -0.1) is 0 Å². The summed E-state index contributed by atoms with van der Waals surface area (Å²) in [5.74, 6) is 0.0426. The molecular formula is C12H12Cl2O2. The lowest BCUT2D eigenvalue weighted by atomic mass is 10.1. The molecule has 16 heavy (non-hydrogen) atoms. The Balaban J connectivity index is 2.08. The van der Waals surface area contributed by atoms with E-state index in [0.29, 0.717) is 16.7 Å². The van der Waals surface area contributed by atoms with Crippen LogP contribution in [0.15, 0.2) is 18.2 Å². The number of hydrogen-bond acceptors (Lipinski definition) is 2. The normalized spacial score (nSPS) is 22.9. The zero-order valence-corrected chi connectivity index (χ0v) is 10.4. The van der Waals surface area contributed by atoms with Gasteiger partial charge < -0.3 is 4.74 Å². The molecule has 0 spiro atoms. The summed E-state index contributed by atoms with van der Waals surface area (Å²) in [5, 5.41) is 1.24. The maximum Gasteiger partial charge on any atom is 0.309 e. The third-order valence-corrected chi connectivity index (χ3v) is 3.30. The molecule has 0 heterocycles. The van der Waals surface area contributed by atoms with Gasteiger partial charge in [-0.1, -0.05) is 29.3 Å². The van der Waals surface area contributed by atoms with Gasteiger partial charge in [-0.2, -0.15) is 0 Å². The summed E-state index contributed by atoms with van der Waals surface area (Å²) in [5.41, 5.74) is 0.990. The second kappa shape index (κ2) is 4.64. The molecule has 1 aliphatic carbocycles. The third-order valence-electron chi connectivity index (χ3n) is 2.74. The first-order chi connectivity index (χ1) is 7.63. The van der Waals surface area contributed by atoms with Crippen LogP contribution in [0.4, 0.5) is 0 Å². The summed E-state index contributed by atoms with van der Waals surface area (Å²) in [6.07, 6.45) is 0.820. The molecule has 4 heteroatoms. The van der Waals surface area contributed by atoms with Crippen LogP contribution in [0.25, 0.3) is 0 Å². The van der Waals surface area contributed by atoms with E-state index in [4.69, 9.17) is 27.9 Å². The second-order valence-electron chi connectivity index (χ2n) is 3.87. The Morgan fingerprint density at radius 2 is 2.25 bits per heavy atom. The quantitative estimate of drug-likeness (QED) is 0.774. The topological polar surface area (TPSA) is 26.3 Å². The second-order valence-corrected chi connectivity index (χ2v) is 4.71. The summed E-state index contributed by atoms with van der Waals surface area (Å²) in [6, 6.07) is 5.39. The van der Waals surface area contributed by atoms with Crippen LogP contribution >= 0.6 is 23.2 Å². The number of hydrogen-bond donors (Lipinski definition) is 0. The van der Waals surface area contributed by atoms with E-state index in [1.54, 1.807) is 12.1 Å². The molecule has 1 aromatic carbocycles. The number of rotatable bonds is 3. The maximum atomic E-state index is 11.5. The average Bonchev–Trinajstić information content (AvgIpc) is 2.98. The molecule has 0 saturated heterocycles. The van der Waals surface area contributed by atoms with Crippen LogP contribution in [0, 0.1) is 5.92 Å². The van der Waals surface area contributed by atoms with Gasteiger partial charge in [0.2, 0.25) is 0 Å².